The van der Waals surface area contributed by atoms with Crippen molar-refractivity contribution in [3.8, 4) is 11.3 Å². The number of halogens is 1. The van der Waals surface area contributed by atoms with Crippen LogP contribution in [0.2, 0.25) is 5.02 Å². The van der Waals surface area contributed by atoms with Gasteiger partial charge in [-0.3, -0.25) is 14.2 Å². The van der Waals surface area contributed by atoms with Gasteiger partial charge in [0.2, 0.25) is 0 Å². The lowest BCUT2D eigenvalue weighted by molar-refractivity contribution is 0.0934. The van der Waals surface area contributed by atoms with Crippen LogP contribution in [0.1, 0.15) is 23.0 Å². The Morgan fingerprint density at radius 2 is 2.11 bits per heavy atom. The van der Waals surface area contributed by atoms with E-state index in [-0.39, 0.29) is 11.9 Å². The highest BCUT2D eigenvalue weighted by atomic mass is 35.5. The minimum Gasteiger partial charge on any atom is -0.348 e. The molecule has 27 heavy (non-hydrogen) atoms. The summed E-state index contributed by atoms with van der Waals surface area (Å²) in [6, 6.07) is 11.4. The Labute approximate surface area is 165 Å². The first-order chi connectivity index (χ1) is 13.1. The van der Waals surface area contributed by atoms with Crippen molar-refractivity contribution in [2.24, 2.45) is 0 Å². The predicted octanol–water partition coefficient (Wildman–Crippen LogP) is 4.47. The van der Waals surface area contributed by atoms with Gasteiger partial charge in [0.25, 0.3) is 5.91 Å². The summed E-state index contributed by atoms with van der Waals surface area (Å²) in [7, 11) is 0. The Bertz CT molecular complexity index is 1070. The minimum absolute atomic E-state index is 0.00379. The number of carbonyl (C=O) groups excluding carboxylic acids is 1. The van der Waals surface area contributed by atoms with Crippen LogP contribution in [0, 0.1) is 0 Å². The second-order valence-electron chi connectivity index (χ2n) is 6.35. The Morgan fingerprint density at radius 1 is 1.30 bits per heavy atom. The van der Waals surface area contributed by atoms with Crippen molar-refractivity contribution in [3.63, 3.8) is 0 Å². The normalized spacial score (nSPS) is 12.2. The highest BCUT2D eigenvalue weighted by Gasteiger charge is 2.17. The lowest BCUT2D eigenvalue weighted by Gasteiger charge is -2.13. The van der Waals surface area contributed by atoms with E-state index in [2.05, 4.69) is 15.3 Å². The zero-order chi connectivity index (χ0) is 18.8. The Morgan fingerprint density at radius 3 is 2.85 bits per heavy atom. The first-order valence-corrected chi connectivity index (χ1v) is 9.78. The van der Waals surface area contributed by atoms with Crippen LogP contribution >= 0.6 is 22.9 Å². The summed E-state index contributed by atoms with van der Waals surface area (Å²) in [6.45, 7) is 1.99. The molecule has 0 aliphatic heterocycles. The van der Waals surface area contributed by atoms with Crippen molar-refractivity contribution in [2.75, 3.05) is 0 Å². The Balaban J connectivity index is 1.52. The molecule has 0 unspecified atom stereocenters. The van der Waals surface area contributed by atoms with E-state index in [4.69, 9.17) is 11.6 Å². The van der Waals surface area contributed by atoms with Gasteiger partial charge in [0.15, 0.2) is 4.96 Å². The number of amides is 1. The fourth-order valence-electron chi connectivity index (χ4n) is 2.93. The number of aromatic nitrogens is 3. The van der Waals surface area contributed by atoms with Crippen LogP contribution in [0.4, 0.5) is 0 Å². The number of hydrogen-bond acceptors (Lipinski definition) is 4. The molecule has 0 bridgehead atoms. The molecule has 3 aromatic heterocycles. The van der Waals surface area contributed by atoms with E-state index < -0.39 is 0 Å². The van der Waals surface area contributed by atoms with Crippen molar-refractivity contribution < 1.29 is 4.79 Å². The number of thiazole rings is 1. The smallest absolute Gasteiger partial charge is 0.269 e. The summed E-state index contributed by atoms with van der Waals surface area (Å²) in [5.74, 6) is -0.113. The van der Waals surface area contributed by atoms with Gasteiger partial charge in [0, 0.05) is 40.6 Å². The molecule has 1 aromatic carbocycles. The molecule has 0 saturated heterocycles. The number of rotatable bonds is 5. The number of benzene rings is 1. The van der Waals surface area contributed by atoms with Gasteiger partial charge in [0.05, 0.1) is 5.69 Å². The van der Waals surface area contributed by atoms with Crippen LogP contribution < -0.4 is 5.32 Å². The second-order valence-corrected chi connectivity index (χ2v) is 7.62. The molecule has 0 saturated carbocycles. The van der Waals surface area contributed by atoms with Gasteiger partial charge in [-0.1, -0.05) is 29.8 Å². The summed E-state index contributed by atoms with van der Waals surface area (Å²) >= 11 is 7.40. The molecule has 136 valence electrons. The molecule has 0 aliphatic carbocycles. The maximum Gasteiger partial charge on any atom is 0.269 e. The van der Waals surface area contributed by atoms with E-state index in [1.165, 1.54) is 11.3 Å². The second kappa shape index (κ2) is 7.50. The van der Waals surface area contributed by atoms with Crippen molar-refractivity contribution in [2.45, 2.75) is 19.4 Å². The third kappa shape index (κ3) is 3.86. The number of imidazole rings is 1. The molecule has 4 aromatic rings. The Hall–Kier alpha value is -2.70. The first kappa shape index (κ1) is 17.7. The van der Waals surface area contributed by atoms with E-state index in [1.54, 1.807) is 6.20 Å². The van der Waals surface area contributed by atoms with Crippen LogP contribution in [0.5, 0.6) is 0 Å². The van der Waals surface area contributed by atoms with Gasteiger partial charge < -0.3 is 5.32 Å². The summed E-state index contributed by atoms with van der Waals surface area (Å²) in [4.78, 5) is 22.2. The monoisotopic (exact) mass is 396 g/mol. The summed E-state index contributed by atoms with van der Waals surface area (Å²) in [5.41, 5.74) is 3.46. The number of hydrogen-bond donors (Lipinski definition) is 1. The van der Waals surface area contributed by atoms with Crippen molar-refractivity contribution in [3.05, 3.63) is 76.6 Å². The van der Waals surface area contributed by atoms with Gasteiger partial charge in [-0.2, -0.15) is 0 Å². The topological polar surface area (TPSA) is 59.3 Å². The molecular weight excluding hydrogens is 380 g/mol. The highest BCUT2D eigenvalue weighted by Crippen LogP contribution is 2.25. The predicted molar refractivity (Wildman–Crippen MR) is 108 cm³/mol. The molecule has 7 heteroatoms. The quantitative estimate of drug-likeness (QED) is 0.541. The Kier molecular flexibility index (Phi) is 4.92. The molecule has 0 radical (unpaired) electrons. The van der Waals surface area contributed by atoms with E-state index in [9.17, 15) is 4.79 Å². The van der Waals surface area contributed by atoms with Crippen molar-refractivity contribution in [1.29, 1.82) is 0 Å². The zero-order valence-electron chi connectivity index (χ0n) is 14.6. The number of nitrogens with one attached hydrogen (secondary N) is 1. The molecular formula is C20H17ClN4OS. The third-order valence-electron chi connectivity index (χ3n) is 4.22. The van der Waals surface area contributed by atoms with Crippen LogP contribution in [0.3, 0.4) is 0 Å². The number of pyridine rings is 1. The molecule has 1 amide bonds. The van der Waals surface area contributed by atoms with Crippen LogP contribution in [0.15, 0.2) is 60.4 Å². The van der Waals surface area contributed by atoms with Crippen molar-refractivity contribution in [1.82, 2.24) is 19.7 Å². The third-order valence-corrected chi connectivity index (χ3v) is 5.32. The van der Waals surface area contributed by atoms with Crippen LogP contribution in [0.25, 0.3) is 16.2 Å². The summed E-state index contributed by atoms with van der Waals surface area (Å²) in [6.07, 6.45) is 6.18. The van der Waals surface area contributed by atoms with Gasteiger partial charge >= 0.3 is 0 Å². The molecule has 4 rings (SSSR count). The molecule has 1 atom stereocenters. The van der Waals surface area contributed by atoms with Crippen molar-refractivity contribution >= 4 is 33.8 Å². The fourth-order valence-corrected chi connectivity index (χ4v) is 3.91. The summed E-state index contributed by atoms with van der Waals surface area (Å²) < 4.78 is 1.83. The standard InChI is InChI=1S/C20H17ClN4OS/c1-13(9-14-3-2-8-22-10-14)23-19(26)18-12-27-20-24-17(11-25(18)20)15-4-6-16(21)7-5-15/h2-8,10-13H,9H2,1H3,(H,23,26)/t13-/m0/s1. The lowest BCUT2D eigenvalue weighted by Crippen LogP contribution is -2.34. The minimum atomic E-state index is -0.113. The number of nitrogens with zero attached hydrogens (tertiary/aromatic N) is 3. The van der Waals surface area contributed by atoms with E-state index in [1.807, 2.05) is 65.5 Å². The van der Waals surface area contributed by atoms with Gasteiger partial charge in [-0.05, 0) is 37.1 Å². The summed E-state index contributed by atoms with van der Waals surface area (Å²) in [5, 5.41) is 5.57. The largest absolute Gasteiger partial charge is 0.348 e. The first-order valence-electron chi connectivity index (χ1n) is 8.52. The SMILES string of the molecule is C[C@@H](Cc1cccnc1)NC(=O)c1csc2nc(-c3ccc(Cl)cc3)cn12. The lowest BCUT2D eigenvalue weighted by atomic mass is 10.1. The van der Waals surface area contributed by atoms with Gasteiger partial charge in [-0.25, -0.2) is 4.98 Å². The number of carbonyl (C=O) groups is 1. The average molecular weight is 397 g/mol. The molecule has 3 heterocycles. The molecule has 0 aliphatic rings. The number of fused-ring (bicyclic) bond motifs is 1. The molecule has 0 fully saturated rings. The van der Waals surface area contributed by atoms with Crippen LogP contribution in [-0.2, 0) is 6.42 Å². The van der Waals surface area contributed by atoms with Crippen LogP contribution in [-0.4, -0.2) is 26.3 Å². The van der Waals surface area contributed by atoms with Gasteiger partial charge in [0.1, 0.15) is 5.69 Å². The van der Waals surface area contributed by atoms with E-state index >= 15 is 0 Å². The van der Waals surface area contributed by atoms with E-state index in [0.29, 0.717) is 10.7 Å². The molecule has 5 nitrogen and oxygen atoms in total. The van der Waals surface area contributed by atoms with E-state index in [0.717, 1.165) is 28.2 Å². The highest BCUT2D eigenvalue weighted by molar-refractivity contribution is 7.15. The fraction of sp³-hybridized carbons (Fsp3) is 0.150. The maximum absolute atomic E-state index is 12.7. The zero-order valence-corrected chi connectivity index (χ0v) is 16.2. The average Bonchev–Trinajstić information content (AvgIpc) is 3.23. The molecule has 0 spiro atoms. The molecule has 1 N–H and O–H groups in total. The maximum atomic E-state index is 12.7. The van der Waals surface area contributed by atoms with Gasteiger partial charge in [-0.15, -0.1) is 11.3 Å².